The van der Waals surface area contributed by atoms with Crippen LogP contribution in [0.1, 0.15) is 37.8 Å². The van der Waals surface area contributed by atoms with Crippen LogP contribution in [0, 0.1) is 11.3 Å². The molecule has 0 aliphatic heterocycles. The van der Waals surface area contributed by atoms with Crippen molar-refractivity contribution in [3.8, 4) is 11.8 Å². The lowest BCUT2D eigenvalue weighted by Gasteiger charge is -2.26. The molecule has 1 rings (SSSR count). The summed E-state index contributed by atoms with van der Waals surface area (Å²) in [5.41, 5.74) is -2.26. The van der Waals surface area contributed by atoms with Crippen LogP contribution in [0.5, 0.6) is 5.75 Å². The topological polar surface area (TPSA) is 53.2 Å². The lowest BCUT2D eigenvalue weighted by Crippen LogP contribution is -2.34. The third-order valence-electron chi connectivity index (χ3n) is 3.23. The van der Waals surface area contributed by atoms with Crippen LogP contribution in [0.4, 0.5) is 13.2 Å². The number of nitriles is 1. The van der Waals surface area contributed by atoms with E-state index in [0.717, 1.165) is 12.1 Å². The number of rotatable bonds is 5. The average molecular weight is 287 g/mol. The number of alkyl halides is 3. The Balaban J connectivity index is 3.04. The first-order valence-electron chi connectivity index (χ1n) is 6.22. The quantitative estimate of drug-likeness (QED) is 0.901. The number of nitrogens with zero attached hydrogens (tertiary/aromatic N) is 1. The molecule has 3 nitrogen and oxygen atoms in total. The van der Waals surface area contributed by atoms with Gasteiger partial charge in [0.15, 0.2) is 0 Å². The molecule has 1 N–H and O–H groups in total. The summed E-state index contributed by atoms with van der Waals surface area (Å²) >= 11 is 0. The van der Waals surface area contributed by atoms with Crippen LogP contribution in [-0.4, -0.2) is 17.3 Å². The van der Waals surface area contributed by atoms with Gasteiger partial charge in [-0.3, -0.25) is 0 Å². The molecule has 0 heterocycles. The largest absolute Gasteiger partial charge is 0.490 e. The van der Waals surface area contributed by atoms with Gasteiger partial charge in [-0.1, -0.05) is 13.8 Å². The number of hydrogen-bond acceptors (Lipinski definition) is 3. The second kappa shape index (κ2) is 6.14. The van der Waals surface area contributed by atoms with Gasteiger partial charge in [0.25, 0.3) is 0 Å². The van der Waals surface area contributed by atoms with E-state index in [0.29, 0.717) is 12.8 Å². The molecule has 0 bridgehead atoms. The summed E-state index contributed by atoms with van der Waals surface area (Å²) in [4.78, 5) is 0. The third kappa shape index (κ3) is 3.87. The minimum absolute atomic E-state index is 0.0917. The van der Waals surface area contributed by atoms with E-state index in [-0.39, 0.29) is 17.9 Å². The fraction of sp³-hybridized carbons (Fsp3) is 0.500. The fourth-order valence-electron chi connectivity index (χ4n) is 1.61. The van der Waals surface area contributed by atoms with Gasteiger partial charge in [0.2, 0.25) is 0 Å². The smallest absolute Gasteiger partial charge is 0.420 e. The van der Waals surface area contributed by atoms with Gasteiger partial charge in [-0.2, -0.15) is 18.4 Å². The van der Waals surface area contributed by atoms with Crippen molar-refractivity contribution in [2.75, 3.05) is 6.61 Å². The normalized spacial score (nSPS) is 12.1. The maximum absolute atomic E-state index is 12.9. The molecule has 0 amide bonds. The zero-order chi connectivity index (χ0) is 15.4. The minimum atomic E-state index is -4.61. The van der Waals surface area contributed by atoms with Crippen molar-refractivity contribution in [1.82, 2.24) is 0 Å². The molecule has 0 spiro atoms. The maximum atomic E-state index is 12.9. The molecule has 0 saturated heterocycles. The number of ether oxygens (including phenoxy) is 1. The maximum Gasteiger partial charge on any atom is 0.420 e. The van der Waals surface area contributed by atoms with E-state index in [1.54, 1.807) is 19.9 Å². The molecule has 20 heavy (non-hydrogen) atoms. The summed E-state index contributed by atoms with van der Waals surface area (Å²) in [5, 5.41) is 18.7. The molecule has 1 aromatic carbocycles. The first-order valence-corrected chi connectivity index (χ1v) is 6.22. The van der Waals surface area contributed by atoms with Gasteiger partial charge in [0.1, 0.15) is 12.4 Å². The van der Waals surface area contributed by atoms with Crippen molar-refractivity contribution in [3.05, 3.63) is 29.3 Å². The minimum Gasteiger partial charge on any atom is -0.490 e. The molecule has 0 saturated carbocycles. The van der Waals surface area contributed by atoms with Crippen molar-refractivity contribution in [2.24, 2.45) is 0 Å². The zero-order valence-corrected chi connectivity index (χ0v) is 11.3. The Morgan fingerprint density at radius 1 is 1.25 bits per heavy atom. The molecule has 110 valence electrons. The lowest BCUT2D eigenvalue weighted by atomic mass is 9.99. The van der Waals surface area contributed by atoms with Crippen molar-refractivity contribution in [1.29, 1.82) is 5.26 Å². The average Bonchev–Trinajstić information content (AvgIpc) is 2.43. The van der Waals surface area contributed by atoms with Crippen molar-refractivity contribution in [2.45, 2.75) is 38.5 Å². The Bertz CT molecular complexity index is 502. The van der Waals surface area contributed by atoms with Gasteiger partial charge >= 0.3 is 6.18 Å². The van der Waals surface area contributed by atoms with Crippen LogP contribution in [0.2, 0.25) is 0 Å². The van der Waals surface area contributed by atoms with E-state index in [1.807, 2.05) is 0 Å². The Hall–Kier alpha value is -1.74. The molecule has 0 radical (unpaired) electrons. The number of aliphatic hydroxyl groups is 1. The highest BCUT2D eigenvalue weighted by atomic mass is 19.4. The first-order chi connectivity index (χ1) is 9.25. The van der Waals surface area contributed by atoms with Crippen LogP contribution in [0.15, 0.2) is 18.2 Å². The molecule has 0 aliphatic rings. The van der Waals surface area contributed by atoms with E-state index < -0.39 is 17.3 Å². The summed E-state index contributed by atoms with van der Waals surface area (Å²) in [6, 6.07) is 4.75. The highest BCUT2D eigenvalue weighted by molar-refractivity contribution is 5.43. The summed E-state index contributed by atoms with van der Waals surface area (Å²) in [5.74, 6) is -0.378. The SMILES string of the molecule is CCC(O)(CC)COc1ccc(C#N)cc1C(F)(F)F. The molecule has 1 aromatic rings. The second-order valence-electron chi connectivity index (χ2n) is 4.54. The highest BCUT2D eigenvalue weighted by Crippen LogP contribution is 2.37. The molecule has 0 aliphatic carbocycles. The van der Waals surface area contributed by atoms with E-state index in [2.05, 4.69) is 0 Å². The van der Waals surface area contributed by atoms with Gasteiger partial charge in [-0.15, -0.1) is 0 Å². The Morgan fingerprint density at radius 2 is 1.85 bits per heavy atom. The number of halogens is 3. The van der Waals surface area contributed by atoms with Gasteiger partial charge in [-0.05, 0) is 31.0 Å². The lowest BCUT2D eigenvalue weighted by molar-refractivity contribution is -0.139. The Kier molecular flexibility index (Phi) is 5.01. The van der Waals surface area contributed by atoms with E-state index in [1.165, 1.54) is 6.07 Å². The molecule has 0 fully saturated rings. The van der Waals surface area contributed by atoms with Crippen LogP contribution in [0.3, 0.4) is 0 Å². The van der Waals surface area contributed by atoms with E-state index in [4.69, 9.17) is 10.00 Å². The molecular weight excluding hydrogens is 271 g/mol. The summed E-state index contributed by atoms with van der Waals surface area (Å²) < 4.78 is 43.8. The monoisotopic (exact) mass is 287 g/mol. The van der Waals surface area contributed by atoms with Gasteiger partial charge in [-0.25, -0.2) is 0 Å². The molecule has 0 aromatic heterocycles. The Morgan fingerprint density at radius 3 is 2.30 bits per heavy atom. The van der Waals surface area contributed by atoms with Crippen LogP contribution in [-0.2, 0) is 6.18 Å². The third-order valence-corrected chi connectivity index (χ3v) is 3.23. The van der Waals surface area contributed by atoms with Crippen molar-refractivity contribution >= 4 is 0 Å². The predicted molar refractivity (Wildman–Crippen MR) is 67.2 cm³/mol. The van der Waals surface area contributed by atoms with Crippen molar-refractivity contribution in [3.63, 3.8) is 0 Å². The Labute approximate surface area is 115 Å². The van der Waals surface area contributed by atoms with Crippen LogP contribution in [0.25, 0.3) is 0 Å². The molecule has 6 heteroatoms. The molecular formula is C14H16F3NO2. The summed E-state index contributed by atoms with van der Waals surface area (Å²) in [7, 11) is 0. The van der Waals surface area contributed by atoms with E-state index in [9.17, 15) is 18.3 Å². The number of benzene rings is 1. The molecule has 0 atom stereocenters. The van der Waals surface area contributed by atoms with Crippen molar-refractivity contribution < 1.29 is 23.0 Å². The second-order valence-corrected chi connectivity index (χ2v) is 4.54. The van der Waals surface area contributed by atoms with Crippen LogP contribution >= 0.6 is 0 Å². The standard InChI is InChI=1S/C14H16F3NO2/c1-3-13(19,4-2)9-20-12-6-5-10(8-18)7-11(12)14(15,16)17/h5-7,19H,3-4,9H2,1-2H3. The number of hydrogen-bond donors (Lipinski definition) is 1. The predicted octanol–water partition coefficient (Wildman–Crippen LogP) is 3.51. The van der Waals surface area contributed by atoms with Crippen LogP contribution < -0.4 is 4.74 Å². The first kappa shape index (κ1) is 16.3. The van der Waals surface area contributed by atoms with Gasteiger partial charge < -0.3 is 9.84 Å². The fourth-order valence-corrected chi connectivity index (χ4v) is 1.61. The van der Waals surface area contributed by atoms with Gasteiger partial charge in [0.05, 0.1) is 22.8 Å². The zero-order valence-electron chi connectivity index (χ0n) is 11.3. The highest BCUT2D eigenvalue weighted by Gasteiger charge is 2.35. The van der Waals surface area contributed by atoms with Gasteiger partial charge in [0, 0.05) is 0 Å². The molecule has 0 unspecified atom stereocenters. The van der Waals surface area contributed by atoms with E-state index >= 15 is 0 Å². The summed E-state index contributed by atoms with van der Waals surface area (Å²) in [6.45, 7) is 3.24. The summed E-state index contributed by atoms with van der Waals surface area (Å²) in [6.07, 6.45) is -3.86.